The standard InChI is InChI=1S/C12H13F3N2O3/c13-12(14,15)7-1-4-11(10(5-7)17(18)19)20-9-3-2-8(16)6-9/h1,4-5,8-9H,2-3,6,16H2. The van der Waals surface area contributed by atoms with Crippen molar-refractivity contribution in [3.63, 3.8) is 0 Å². The Balaban J connectivity index is 2.26. The molecule has 0 bridgehead atoms. The summed E-state index contributed by atoms with van der Waals surface area (Å²) in [4.78, 5) is 10.00. The Morgan fingerprint density at radius 1 is 1.35 bits per heavy atom. The lowest BCUT2D eigenvalue weighted by molar-refractivity contribution is -0.386. The largest absolute Gasteiger partial charge is 0.483 e. The van der Waals surface area contributed by atoms with Crippen LogP contribution >= 0.6 is 0 Å². The van der Waals surface area contributed by atoms with Crippen LogP contribution < -0.4 is 10.5 Å². The molecule has 1 aliphatic rings. The van der Waals surface area contributed by atoms with Gasteiger partial charge in [-0.2, -0.15) is 13.2 Å². The number of hydrogen-bond acceptors (Lipinski definition) is 4. The number of halogens is 3. The normalized spacial score (nSPS) is 22.8. The molecular weight excluding hydrogens is 277 g/mol. The van der Waals surface area contributed by atoms with Gasteiger partial charge in [-0.15, -0.1) is 0 Å². The van der Waals surface area contributed by atoms with Crippen LogP contribution in [0.4, 0.5) is 18.9 Å². The Kier molecular flexibility index (Phi) is 3.85. The number of nitrogens with two attached hydrogens (primary N) is 1. The molecule has 2 N–H and O–H groups in total. The Morgan fingerprint density at radius 3 is 2.55 bits per heavy atom. The van der Waals surface area contributed by atoms with Crippen molar-refractivity contribution in [1.82, 2.24) is 0 Å². The highest BCUT2D eigenvalue weighted by Crippen LogP contribution is 2.37. The minimum absolute atomic E-state index is 0.0338. The van der Waals surface area contributed by atoms with Crippen LogP contribution in [0, 0.1) is 10.1 Å². The van der Waals surface area contributed by atoms with Crippen molar-refractivity contribution in [3.8, 4) is 5.75 Å². The third kappa shape index (κ3) is 3.19. The average molecular weight is 290 g/mol. The zero-order valence-electron chi connectivity index (χ0n) is 10.4. The zero-order chi connectivity index (χ0) is 14.9. The summed E-state index contributed by atoms with van der Waals surface area (Å²) in [5, 5.41) is 10.9. The molecule has 2 unspecified atom stereocenters. The SMILES string of the molecule is NC1CCC(Oc2ccc(C(F)(F)F)cc2[N+](=O)[O-])C1. The minimum Gasteiger partial charge on any atom is -0.483 e. The van der Waals surface area contributed by atoms with Gasteiger partial charge in [0.15, 0.2) is 5.75 Å². The maximum absolute atomic E-state index is 12.5. The lowest BCUT2D eigenvalue weighted by Crippen LogP contribution is -2.19. The number of nitro benzene ring substituents is 1. The number of nitro groups is 1. The summed E-state index contributed by atoms with van der Waals surface area (Å²) in [6.07, 6.45) is -3.00. The van der Waals surface area contributed by atoms with Gasteiger partial charge < -0.3 is 10.5 Å². The van der Waals surface area contributed by atoms with Gasteiger partial charge >= 0.3 is 11.9 Å². The molecule has 110 valence electrons. The molecule has 2 atom stereocenters. The molecule has 1 aliphatic carbocycles. The molecule has 1 saturated carbocycles. The number of alkyl halides is 3. The molecule has 1 fully saturated rings. The molecule has 0 amide bonds. The first-order chi connectivity index (χ1) is 9.27. The Hall–Kier alpha value is -1.83. The third-order valence-corrected chi connectivity index (χ3v) is 3.20. The Morgan fingerprint density at radius 2 is 2.05 bits per heavy atom. The minimum atomic E-state index is -4.63. The van der Waals surface area contributed by atoms with Gasteiger partial charge in [0, 0.05) is 12.1 Å². The topological polar surface area (TPSA) is 78.4 Å². The highest BCUT2D eigenvalue weighted by atomic mass is 19.4. The summed E-state index contributed by atoms with van der Waals surface area (Å²) in [5.74, 6) is -0.151. The maximum Gasteiger partial charge on any atom is 0.416 e. The number of ether oxygens (including phenoxy) is 1. The van der Waals surface area contributed by atoms with E-state index in [1.807, 2.05) is 0 Å². The van der Waals surface area contributed by atoms with Crippen LogP contribution in [-0.2, 0) is 6.18 Å². The highest BCUT2D eigenvalue weighted by molar-refractivity contribution is 5.49. The van der Waals surface area contributed by atoms with Gasteiger partial charge in [-0.05, 0) is 31.4 Å². The molecule has 5 nitrogen and oxygen atoms in total. The third-order valence-electron chi connectivity index (χ3n) is 3.20. The predicted octanol–water partition coefficient (Wildman–Crippen LogP) is 2.87. The van der Waals surface area contributed by atoms with E-state index < -0.39 is 22.4 Å². The second-order valence-corrected chi connectivity index (χ2v) is 4.75. The lowest BCUT2D eigenvalue weighted by Gasteiger charge is -2.14. The Bertz CT molecular complexity index is 519. The first-order valence-electron chi connectivity index (χ1n) is 6.05. The van der Waals surface area contributed by atoms with Crippen molar-refractivity contribution in [2.45, 2.75) is 37.6 Å². The van der Waals surface area contributed by atoms with E-state index >= 15 is 0 Å². The van der Waals surface area contributed by atoms with Crippen LogP contribution in [0.3, 0.4) is 0 Å². The highest BCUT2D eigenvalue weighted by Gasteiger charge is 2.34. The number of benzene rings is 1. The Labute approximate surface area is 112 Å². The van der Waals surface area contributed by atoms with Crippen LogP contribution in [-0.4, -0.2) is 17.1 Å². The van der Waals surface area contributed by atoms with Gasteiger partial charge in [-0.1, -0.05) is 0 Å². The van der Waals surface area contributed by atoms with Crippen LogP contribution in [0.2, 0.25) is 0 Å². The van der Waals surface area contributed by atoms with Gasteiger partial charge in [0.25, 0.3) is 0 Å². The van der Waals surface area contributed by atoms with Crippen molar-refractivity contribution >= 4 is 5.69 Å². The molecule has 0 saturated heterocycles. The predicted molar refractivity (Wildman–Crippen MR) is 64.3 cm³/mol. The summed E-state index contributed by atoms with van der Waals surface area (Å²) in [5.41, 5.74) is 3.95. The van der Waals surface area contributed by atoms with E-state index in [9.17, 15) is 23.3 Å². The van der Waals surface area contributed by atoms with E-state index in [1.165, 1.54) is 0 Å². The van der Waals surface area contributed by atoms with Crippen LogP contribution in [0.25, 0.3) is 0 Å². The molecule has 1 aromatic rings. The molecule has 0 heterocycles. The van der Waals surface area contributed by atoms with Gasteiger partial charge in [-0.3, -0.25) is 10.1 Å². The number of rotatable bonds is 3. The van der Waals surface area contributed by atoms with E-state index in [0.29, 0.717) is 18.9 Å². The number of hydrogen-bond donors (Lipinski definition) is 1. The second-order valence-electron chi connectivity index (χ2n) is 4.75. The molecule has 0 aromatic heterocycles. The molecule has 8 heteroatoms. The van der Waals surface area contributed by atoms with Crippen LogP contribution in [0.1, 0.15) is 24.8 Å². The van der Waals surface area contributed by atoms with Crippen molar-refractivity contribution < 1.29 is 22.8 Å². The van der Waals surface area contributed by atoms with Crippen molar-refractivity contribution in [2.75, 3.05) is 0 Å². The summed E-state index contributed by atoms with van der Waals surface area (Å²) >= 11 is 0. The van der Waals surface area contributed by atoms with Crippen molar-refractivity contribution in [1.29, 1.82) is 0 Å². The average Bonchev–Trinajstić information content (AvgIpc) is 2.73. The van der Waals surface area contributed by atoms with E-state index in [-0.39, 0.29) is 17.9 Å². The molecule has 2 rings (SSSR count). The summed E-state index contributed by atoms with van der Waals surface area (Å²) < 4.78 is 43.0. The lowest BCUT2D eigenvalue weighted by atomic mass is 10.1. The second kappa shape index (κ2) is 5.28. The van der Waals surface area contributed by atoms with Crippen molar-refractivity contribution in [2.24, 2.45) is 5.73 Å². The van der Waals surface area contributed by atoms with E-state index in [4.69, 9.17) is 10.5 Å². The van der Waals surface area contributed by atoms with Gasteiger partial charge in [0.1, 0.15) is 6.10 Å². The first kappa shape index (κ1) is 14.6. The van der Waals surface area contributed by atoms with E-state index in [2.05, 4.69) is 0 Å². The van der Waals surface area contributed by atoms with E-state index in [0.717, 1.165) is 18.6 Å². The molecule has 0 radical (unpaired) electrons. The molecule has 0 aliphatic heterocycles. The van der Waals surface area contributed by atoms with Crippen LogP contribution in [0.5, 0.6) is 5.75 Å². The molecule has 20 heavy (non-hydrogen) atoms. The van der Waals surface area contributed by atoms with Crippen molar-refractivity contribution in [3.05, 3.63) is 33.9 Å². The fourth-order valence-electron chi connectivity index (χ4n) is 2.20. The van der Waals surface area contributed by atoms with Gasteiger partial charge in [-0.25, -0.2) is 0 Å². The summed E-state index contributed by atoms with van der Waals surface area (Å²) in [6, 6.07) is 2.22. The van der Waals surface area contributed by atoms with Gasteiger partial charge in [0.05, 0.1) is 10.5 Å². The van der Waals surface area contributed by atoms with Crippen LogP contribution in [0.15, 0.2) is 18.2 Å². The molecule has 1 aromatic carbocycles. The van der Waals surface area contributed by atoms with Gasteiger partial charge in [0.2, 0.25) is 0 Å². The summed E-state index contributed by atoms with van der Waals surface area (Å²) in [7, 11) is 0. The fourth-order valence-corrected chi connectivity index (χ4v) is 2.20. The zero-order valence-corrected chi connectivity index (χ0v) is 10.4. The fraction of sp³-hybridized carbons (Fsp3) is 0.500. The van der Waals surface area contributed by atoms with E-state index in [1.54, 1.807) is 0 Å². The number of nitrogens with zero attached hydrogens (tertiary/aromatic N) is 1. The quantitative estimate of drug-likeness (QED) is 0.685. The first-order valence-corrected chi connectivity index (χ1v) is 6.05. The maximum atomic E-state index is 12.5. The molecule has 0 spiro atoms. The summed E-state index contributed by atoms with van der Waals surface area (Å²) in [6.45, 7) is 0. The monoisotopic (exact) mass is 290 g/mol. The molecular formula is C12H13F3N2O3. The smallest absolute Gasteiger partial charge is 0.416 e.